The van der Waals surface area contributed by atoms with Crippen LogP contribution in [0.5, 0.6) is 5.75 Å². The first-order valence-corrected chi connectivity index (χ1v) is 4.67. The minimum atomic E-state index is -1.61. The maximum Gasteiger partial charge on any atom is 0.337 e. The van der Waals surface area contributed by atoms with Crippen molar-refractivity contribution in [1.29, 1.82) is 0 Å². The Morgan fingerprint density at radius 2 is 2.12 bits per heavy atom. The van der Waals surface area contributed by atoms with Crippen LogP contribution in [0.25, 0.3) is 0 Å². The lowest BCUT2D eigenvalue weighted by Gasteiger charge is -2.15. The lowest BCUT2D eigenvalue weighted by Crippen LogP contribution is -2.14. The molecule has 0 aliphatic carbocycles. The summed E-state index contributed by atoms with van der Waals surface area (Å²) >= 11 is 0. The summed E-state index contributed by atoms with van der Waals surface area (Å²) in [5, 5.41) is 18.4. The number of hydrogen-bond acceptors (Lipinski definition) is 4. The smallest absolute Gasteiger partial charge is 0.337 e. The van der Waals surface area contributed by atoms with Gasteiger partial charge in [0.1, 0.15) is 5.75 Å². The number of ether oxygens (including phenoxy) is 2. The van der Waals surface area contributed by atoms with E-state index in [0.29, 0.717) is 11.3 Å². The number of aliphatic carboxylic acids is 1. The summed E-state index contributed by atoms with van der Waals surface area (Å²) < 4.78 is 9.96. The average Bonchev–Trinajstić information content (AvgIpc) is 2.28. The van der Waals surface area contributed by atoms with E-state index in [4.69, 9.17) is 14.6 Å². The van der Waals surface area contributed by atoms with Crippen LogP contribution in [0.4, 0.5) is 0 Å². The van der Waals surface area contributed by atoms with Crippen molar-refractivity contribution in [2.75, 3.05) is 14.2 Å². The standard InChI is InChI=1S/C11H14O5/c1-15-6-7-4-3-5-8(16-2)9(7)10(12)11(13)14/h3-5,10,12H,6H2,1-2H3,(H,13,14). The van der Waals surface area contributed by atoms with E-state index in [1.54, 1.807) is 18.2 Å². The van der Waals surface area contributed by atoms with Gasteiger partial charge in [-0.15, -0.1) is 0 Å². The fourth-order valence-electron chi connectivity index (χ4n) is 1.48. The van der Waals surface area contributed by atoms with Crippen LogP contribution in [0.15, 0.2) is 18.2 Å². The summed E-state index contributed by atoms with van der Waals surface area (Å²) in [6.07, 6.45) is -1.61. The van der Waals surface area contributed by atoms with Gasteiger partial charge in [-0.1, -0.05) is 12.1 Å². The maximum absolute atomic E-state index is 10.8. The molecule has 0 spiro atoms. The van der Waals surface area contributed by atoms with Gasteiger partial charge in [-0.05, 0) is 11.6 Å². The van der Waals surface area contributed by atoms with E-state index in [0.717, 1.165) is 0 Å². The molecule has 16 heavy (non-hydrogen) atoms. The number of methoxy groups -OCH3 is 2. The van der Waals surface area contributed by atoms with E-state index in [9.17, 15) is 9.90 Å². The van der Waals surface area contributed by atoms with Crippen LogP contribution in [-0.4, -0.2) is 30.4 Å². The number of carbonyl (C=O) groups is 1. The largest absolute Gasteiger partial charge is 0.496 e. The van der Waals surface area contributed by atoms with Crippen LogP contribution in [0.3, 0.4) is 0 Å². The molecular weight excluding hydrogens is 212 g/mol. The van der Waals surface area contributed by atoms with Crippen molar-refractivity contribution in [1.82, 2.24) is 0 Å². The summed E-state index contributed by atoms with van der Waals surface area (Å²) in [5.74, 6) is -0.980. The number of aliphatic hydroxyl groups excluding tert-OH is 1. The lowest BCUT2D eigenvalue weighted by atomic mass is 10.0. The molecule has 1 rings (SSSR count). The Hall–Kier alpha value is -1.59. The predicted octanol–water partition coefficient (Wildman–Crippen LogP) is 0.960. The quantitative estimate of drug-likeness (QED) is 0.782. The first-order chi connectivity index (χ1) is 7.61. The molecule has 1 aromatic rings. The molecule has 5 heteroatoms. The Labute approximate surface area is 93.2 Å². The average molecular weight is 226 g/mol. The molecule has 88 valence electrons. The molecule has 0 fully saturated rings. The molecule has 5 nitrogen and oxygen atoms in total. The van der Waals surface area contributed by atoms with Crippen molar-refractivity contribution in [2.24, 2.45) is 0 Å². The fourth-order valence-corrected chi connectivity index (χ4v) is 1.48. The van der Waals surface area contributed by atoms with Crippen molar-refractivity contribution in [3.05, 3.63) is 29.3 Å². The number of carboxylic acids is 1. The molecule has 1 unspecified atom stereocenters. The molecule has 0 saturated heterocycles. The zero-order chi connectivity index (χ0) is 12.1. The molecular formula is C11H14O5. The van der Waals surface area contributed by atoms with Crippen LogP contribution < -0.4 is 4.74 Å². The number of rotatable bonds is 5. The van der Waals surface area contributed by atoms with Crippen LogP contribution in [0.1, 0.15) is 17.2 Å². The third-order valence-electron chi connectivity index (χ3n) is 2.18. The van der Waals surface area contributed by atoms with Crippen molar-refractivity contribution in [3.8, 4) is 5.75 Å². The Balaban J connectivity index is 3.23. The highest BCUT2D eigenvalue weighted by atomic mass is 16.5. The zero-order valence-electron chi connectivity index (χ0n) is 9.14. The van der Waals surface area contributed by atoms with Crippen molar-refractivity contribution >= 4 is 5.97 Å². The molecule has 2 N–H and O–H groups in total. The summed E-state index contributed by atoms with van der Waals surface area (Å²) in [4.78, 5) is 10.8. The number of carboxylic acid groups (broad SMARTS) is 1. The van der Waals surface area contributed by atoms with Crippen molar-refractivity contribution in [3.63, 3.8) is 0 Å². The SMILES string of the molecule is COCc1cccc(OC)c1C(O)C(=O)O. The summed E-state index contributed by atoms with van der Waals surface area (Å²) in [5.41, 5.74) is 0.830. The number of benzene rings is 1. The zero-order valence-corrected chi connectivity index (χ0v) is 9.14. The Bertz CT molecular complexity index is 375. The first kappa shape index (κ1) is 12.5. The van der Waals surface area contributed by atoms with E-state index in [2.05, 4.69) is 0 Å². The van der Waals surface area contributed by atoms with Gasteiger partial charge in [0.15, 0.2) is 6.10 Å². The molecule has 0 radical (unpaired) electrons. The molecule has 1 atom stereocenters. The molecule has 0 saturated carbocycles. The minimum Gasteiger partial charge on any atom is -0.496 e. The molecule has 1 aromatic carbocycles. The second kappa shape index (κ2) is 5.48. The highest BCUT2D eigenvalue weighted by Crippen LogP contribution is 2.29. The first-order valence-electron chi connectivity index (χ1n) is 4.67. The number of hydrogen-bond donors (Lipinski definition) is 2. The van der Waals surface area contributed by atoms with Gasteiger partial charge >= 0.3 is 5.97 Å². The molecule has 0 aliphatic heterocycles. The minimum absolute atomic E-state index is 0.219. The van der Waals surface area contributed by atoms with E-state index >= 15 is 0 Å². The maximum atomic E-state index is 10.8. The molecule has 0 aromatic heterocycles. The van der Waals surface area contributed by atoms with Crippen molar-refractivity contribution in [2.45, 2.75) is 12.7 Å². The second-order valence-corrected chi connectivity index (χ2v) is 3.21. The van der Waals surface area contributed by atoms with Gasteiger partial charge in [0.2, 0.25) is 0 Å². The van der Waals surface area contributed by atoms with Gasteiger partial charge < -0.3 is 19.7 Å². The summed E-state index contributed by atoms with van der Waals surface area (Å²) in [6, 6.07) is 5.00. The van der Waals surface area contributed by atoms with Crippen molar-refractivity contribution < 1.29 is 24.5 Å². The Kier molecular flexibility index (Phi) is 4.28. The van der Waals surface area contributed by atoms with Crippen LogP contribution >= 0.6 is 0 Å². The highest BCUT2D eigenvalue weighted by molar-refractivity contribution is 5.76. The van der Waals surface area contributed by atoms with Crippen LogP contribution in [0, 0.1) is 0 Å². The van der Waals surface area contributed by atoms with Gasteiger partial charge in [0, 0.05) is 12.7 Å². The van der Waals surface area contributed by atoms with Gasteiger partial charge in [-0.25, -0.2) is 4.79 Å². The van der Waals surface area contributed by atoms with Crippen LogP contribution in [-0.2, 0) is 16.1 Å². The van der Waals surface area contributed by atoms with Gasteiger partial charge in [0.25, 0.3) is 0 Å². The highest BCUT2D eigenvalue weighted by Gasteiger charge is 2.23. The second-order valence-electron chi connectivity index (χ2n) is 3.21. The molecule has 0 heterocycles. The van der Waals surface area contributed by atoms with E-state index in [1.165, 1.54) is 14.2 Å². The molecule has 0 bridgehead atoms. The Morgan fingerprint density at radius 3 is 2.62 bits per heavy atom. The van der Waals surface area contributed by atoms with E-state index in [1.807, 2.05) is 0 Å². The van der Waals surface area contributed by atoms with Gasteiger partial charge in [-0.2, -0.15) is 0 Å². The van der Waals surface area contributed by atoms with Gasteiger partial charge in [0.05, 0.1) is 13.7 Å². The fraction of sp³-hybridized carbons (Fsp3) is 0.364. The summed E-state index contributed by atoms with van der Waals surface area (Å²) in [6.45, 7) is 0.219. The topological polar surface area (TPSA) is 76.0 Å². The predicted molar refractivity (Wildman–Crippen MR) is 56.3 cm³/mol. The third kappa shape index (κ3) is 2.50. The molecule has 0 amide bonds. The Morgan fingerprint density at radius 1 is 1.44 bits per heavy atom. The third-order valence-corrected chi connectivity index (χ3v) is 2.18. The van der Waals surface area contributed by atoms with Crippen LogP contribution in [0.2, 0.25) is 0 Å². The van der Waals surface area contributed by atoms with Gasteiger partial charge in [-0.3, -0.25) is 0 Å². The summed E-state index contributed by atoms with van der Waals surface area (Å²) in [7, 11) is 2.92. The number of aliphatic hydroxyl groups is 1. The molecule has 0 aliphatic rings. The van der Waals surface area contributed by atoms with E-state index in [-0.39, 0.29) is 12.2 Å². The lowest BCUT2D eigenvalue weighted by molar-refractivity contribution is -0.147. The van der Waals surface area contributed by atoms with E-state index < -0.39 is 12.1 Å². The normalized spacial score (nSPS) is 12.2. The monoisotopic (exact) mass is 226 g/mol.